The van der Waals surface area contributed by atoms with Crippen molar-refractivity contribution < 1.29 is 4.79 Å². The van der Waals surface area contributed by atoms with Gasteiger partial charge < -0.3 is 0 Å². The Balaban J connectivity index is 3.44. The van der Waals surface area contributed by atoms with Crippen molar-refractivity contribution in [1.29, 1.82) is 0 Å². The molecule has 0 bridgehead atoms. The number of hydrogen-bond donors (Lipinski definition) is 0. The lowest BCUT2D eigenvalue weighted by molar-refractivity contribution is 0.564. The third-order valence-electron chi connectivity index (χ3n) is 3.05. The van der Waals surface area contributed by atoms with Crippen LogP contribution < -0.4 is 0 Å². The van der Waals surface area contributed by atoms with Gasteiger partial charge in [-0.05, 0) is 18.9 Å². The zero-order chi connectivity index (χ0) is 15.4. The maximum Gasteiger partial charge on any atom is 0.225 e. The van der Waals surface area contributed by atoms with E-state index in [-0.39, 0.29) is 0 Å². The van der Waals surface area contributed by atoms with E-state index in [1.54, 1.807) is 18.4 Å². The van der Waals surface area contributed by atoms with Crippen LogP contribution in [0.15, 0.2) is 60.8 Å². The van der Waals surface area contributed by atoms with Gasteiger partial charge in [-0.1, -0.05) is 100 Å². The van der Waals surface area contributed by atoms with Gasteiger partial charge in [-0.2, -0.15) is 0 Å². The predicted molar refractivity (Wildman–Crippen MR) is 94.0 cm³/mol. The fourth-order valence-corrected chi connectivity index (χ4v) is 1.87. The van der Waals surface area contributed by atoms with Gasteiger partial charge >= 0.3 is 0 Å². The average Bonchev–Trinajstić information content (AvgIpc) is 2.50. The summed E-state index contributed by atoms with van der Waals surface area (Å²) in [6.45, 7) is 2.26. The molecule has 1 nitrogen and oxygen atoms in total. The second-order valence-electron chi connectivity index (χ2n) is 4.97. The average molecular weight is 285 g/mol. The van der Waals surface area contributed by atoms with Crippen LogP contribution in [-0.2, 0) is 4.79 Å². The molecule has 0 saturated heterocycles. The lowest BCUT2D eigenvalue weighted by Gasteiger charge is -1.98. The van der Waals surface area contributed by atoms with Crippen LogP contribution in [-0.4, -0.2) is 6.29 Å². The molecule has 21 heavy (non-hydrogen) atoms. The SMILES string of the molecule is CCCCCCCCCC=CC=CC=CC=CC=C[C]=O. The molecule has 0 heterocycles. The molecule has 1 heteroatoms. The highest BCUT2D eigenvalue weighted by atomic mass is 16.1. The highest BCUT2D eigenvalue weighted by Crippen LogP contribution is 2.08. The van der Waals surface area contributed by atoms with E-state index in [2.05, 4.69) is 19.1 Å². The van der Waals surface area contributed by atoms with Crippen molar-refractivity contribution in [1.82, 2.24) is 0 Å². The van der Waals surface area contributed by atoms with Crippen LogP contribution in [0.3, 0.4) is 0 Å². The van der Waals surface area contributed by atoms with Crippen LogP contribution in [0.5, 0.6) is 0 Å². The molecular weight excluding hydrogens is 256 g/mol. The summed E-state index contributed by atoms with van der Waals surface area (Å²) in [5.41, 5.74) is 0. The fourth-order valence-electron chi connectivity index (χ4n) is 1.87. The topological polar surface area (TPSA) is 17.1 Å². The van der Waals surface area contributed by atoms with Gasteiger partial charge in [0.1, 0.15) is 0 Å². The van der Waals surface area contributed by atoms with Crippen molar-refractivity contribution >= 4 is 6.29 Å². The van der Waals surface area contributed by atoms with Crippen LogP contribution >= 0.6 is 0 Å². The van der Waals surface area contributed by atoms with Gasteiger partial charge in [-0.3, -0.25) is 4.79 Å². The van der Waals surface area contributed by atoms with E-state index in [0.29, 0.717) is 0 Å². The normalized spacial score (nSPS) is 12.8. The molecule has 0 N–H and O–H groups in total. The molecule has 0 aliphatic heterocycles. The smallest absolute Gasteiger partial charge is 0.225 e. The van der Waals surface area contributed by atoms with E-state index < -0.39 is 0 Å². The summed E-state index contributed by atoms with van der Waals surface area (Å²) in [4.78, 5) is 9.88. The zero-order valence-corrected chi connectivity index (χ0v) is 13.3. The third kappa shape index (κ3) is 18.4. The zero-order valence-electron chi connectivity index (χ0n) is 13.3. The molecule has 115 valence electrons. The Morgan fingerprint density at radius 3 is 1.81 bits per heavy atom. The summed E-state index contributed by atoms with van der Waals surface area (Å²) < 4.78 is 0. The molecule has 0 aromatic heterocycles. The number of hydrogen-bond acceptors (Lipinski definition) is 1. The van der Waals surface area contributed by atoms with Gasteiger partial charge in [0.15, 0.2) is 0 Å². The van der Waals surface area contributed by atoms with Gasteiger partial charge in [-0.25, -0.2) is 0 Å². The maximum absolute atomic E-state index is 9.88. The molecule has 0 aliphatic rings. The van der Waals surface area contributed by atoms with E-state index in [4.69, 9.17) is 0 Å². The molecule has 0 spiro atoms. The van der Waals surface area contributed by atoms with Gasteiger partial charge in [0.2, 0.25) is 6.29 Å². The van der Waals surface area contributed by atoms with Crippen molar-refractivity contribution in [3.8, 4) is 0 Å². The summed E-state index contributed by atoms with van der Waals surface area (Å²) in [5.74, 6) is 0. The van der Waals surface area contributed by atoms with E-state index in [1.807, 2.05) is 30.4 Å². The van der Waals surface area contributed by atoms with Gasteiger partial charge in [-0.15, -0.1) is 0 Å². The lowest BCUT2D eigenvalue weighted by Crippen LogP contribution is -1.78. The summed E-state index contributed by atoms with van der Waals surface area (Å²) in [7, 11) is 0. The minimum Gasteiger partial charge on any atom is -0.286 e. The highest BCUT2D eigenvalue weighted by Gasteiger charge is 1.88. The maximum atomic E-state index is 9.88. The van der Waals surface area contributed by atoms with E-state index in [9.17, 15) is 4.79 Å². The lowest BCUT2D eigenvalue weighted by atomic mass is 10.1. The first-order valence-corrected chi connectivity index (χ1v) is 8.11. The van der Waals surface area contributed by atoms with Crippen molar-refractivity contribution in [2.45, 2.75) is 58.3 Å². The van der Waals surface area contributed by atoms with E-state index >= 15 is 0 Å². The summed E-state index contributed by atoms with van der Waals surface area (Å²) in [6, 6.07) is 0. The van der Waals surface area contributed by atoms with Gasteiger partial charge in [0, 0.05) is 0 Å². The third-order valence-corrected chi connectivity index (χ3v) is 3.05. The minimum absolute atomic E-state index is 1.18. The number of carbonyl (C=O) groups excluding carboxylic acids is 1. The van der Waals surface area contributed by atoms with E-state index in [1.165, 1.54) is 57.4 Å². The number of rotatable bonds is 13. The Morgan fingerprint density at radius 2 is 1.19 bits per heavy atom. The molecule has 0 aromatic rings. The Kier molecular flexibility index (Phi) is 16.9. The van der Waals surface area contributed by atoms with Crippen LogP contribution in [0.4, 0.5) is 0 Å². The molecule has 1 radical (unpaired) electrons. The van der Waals surface area contributed by atoms with Crippen molar-refractivity contribution in [2.75, 3.05) is 0 Å². The molecule has 0 aliphatic carbocycles. The first-order valence-electron chi connectivity index (χ1n) is 8.11. The molecule has 0 fully saturated rings. The summed E-state index contributed by atoms with van der Waals surface area (Å²) in [6.07, 6.45) is 31.4. The Bertz CT molecular complexity index is 356. The van der Waals surface area contributed by atoms with Crippen LogP contribution in [0.1, 0.15) is 58.3 Å². The Morgan fingerprint density at radius 1 is 0.667 bits per heavy atom. The monoisotopic (exact) mass is 285 g/mol. The minimum atomic E-state index is 1.18. The molecule has 0 unspecified atom stereocenters. The Hall–Kier alpha value is -1.63. The highest BCUT2D eigenvalue weighted by molar-refractivity contribution is 5.66. The van der Waals surface area contributed by atoms with Crippen molar-refractivity contribution in [2.24, 2.45) is 0 Å². The fraction of sp³-hybridized carbons (Fsp3) is 0.450. The molecule has 0 atom stereocenters. The largest absolute Gasteiger partial charge is 0.286 e. The first kappa shape index (κ1) is 19.4. The van der Waals surface area contributed by atoms with Crippen LogP contribution in [0, 0.1) is 0 Å². The quantitative estimate of drug-likeness (QED) is 0.230. The molecule has 0 saturated carbocycles. The van der Waals surface area contributed by atoms with Crippen molar-refractivity contribution in [3.05, 3.63) is 60.8 Å². The van der Waals surface area contributed by atoms with Gasteiger partial charge in [0.25, 0.3) is 0 Å². The second-order valence-corrected chi connectivity index (χ2v) is 4.97. The summed E-state index contributed by atoms with van der Waals surface area (Å²) >= 11 is 0. The van der Waals surface area contributed by atoms with Gasteiger partial charge in [0.05, 0.1) is 0 Å². The first-order chi connectivity index (χ1) is 10.4. The van der Waals surface area contributed by atoms with Crippen LogP contribution in [0.2, 0.25) is 0 Å². The Labute approximate surface area is 130 Å². The number of unbranched alkanes of at least 4 members (excludes halogenated alkanes) is 7. The molecular formula is C20H29O. The standard InChI is InChI=1S/C20H29O/c1-2-3-4-5-6-7-8-9-10-11-12-13-14-15-16-17-18-19-20-21/h10-19H,2-9H2,1H3. The predicted octanol–water partition coefficient (Wildman–Crippen LogP) is 6.02. The summed E-state index contributed by atoms with van der Waals surface area (Å²) in [5, 5.41) is 0. The number of allylic oxidation sites excluding steroid dienone is 10. The molecule has 0 rings (SSSR count). The van der Waals surface area contributed by atoms with Crippen molar-refractivity contribution in [3.63, 3.8) is 0 Å². The second kappa shape index (κ2) is 18.4. The molecule has 0 aromatic carbocycles. The van der Waals surface area contributed by atoms with E-state index in [0.717, 1.165) is 0 Å². The molecule has 0 amide bonds. The van der Waals surface area contributed by atoms with Crippen LogP contribution in [0.25, 0.3) is 0 Å².